The number of para-hydroxylation sites is 1. The van der Waals surface area contributed by atoms with E-state index >= 15 is 0 Å². The lowest BCUT2D eigenvalue weighted by molar-refractivity contribution is 0.669. The van der Waals surface area contributed by atoms with Crippen LogP contribution in [-0.4, -0.2) is 15.0 Å². The van der Waals surface area contributed by atoms with E-state index in [-0.39, 0.29) is 5.92 Å². The lowest BCUT2D eigenvalue weighted by atomic mass is 9.86. The molecule has 2 atom stereocenters. The Morgan fingerprint density at radius 1 is 0.414 bits per heavy atom. The molecule has 2 aromatic heterocycles. The average Bonchev–Trinajstić information content (AvgIpc) is 3.94. The fraction of sp³-hybridized carbons (Fsp3) is 0.0556. The van der Waals surface area contributed by atoms with E-state index in [1.54, 1.807) is 0 Å². The number of hydrogen-bond acceptors (Lipinski definition) is 4. The molecule has 2 unspecified atom stereocenters. The molecule has 4 nitrogen and oxygen atoms in total. The number of hydrogen-bond donors (Lipinski definition) is 0. The summed E-state index contributed by atoms with van der Waals surface area (Å²) in [4.78, 5) is 15.0. The number of nitrogens with zero attached hydrogens (tertiary/aromatic N) is 3. The minimum atomic E-state index is 0.0831. The molecule has 12 rings (SSSR count). The van der Waals surface area contributed by atoms with Crippen LogP contribution in [0.15, 0.2) is 192 Å². The first-order valence-corrected chi connectivity index (χ1v) is 20.0. The van der Waals surface area contributed by atoms with E-state index in [2.05, 4.69) is 127 Å². The van der Waals surface area contributed by atoms with Crippen LogP contribution in [0.5, 0.6) is 0 Å². The highest BCUT2D eigenvalue weighted by atomic mass is 16.3. The molecule has 0 N–H and O–H groups in total. The molecule has 2 aliphatic rings. The molecule has 0 saturated carbocycles. The molecule has 272 valence electrons. The van der Waals surface area contributed by atoms with Gasteiger partial charge < -0.3 is 4.42 Å². The zero-order valence-electron chi connectivity index (χ0n) is 31.5. The largest absolute Gasteiger partial charge is 0.455 e. The van der Waals surface area contributed by atoms with Gasteiger partial charge in [-0.3, -0.25) is 0 Å². The zero-order chi connectivity index (χ0) is 38.2. The van der Waals surface area contributed by atoms with Gasteiger partial charge in [0.1, 0.15) is 11.2 Å². The molecule has 0 fully saturated rings. The third-order valence-electron chi connectivity index (χ3n) is 12.2. The second-order valence-corrected chi connectivity index (χ2v) is 15.4. The van der Waals surface area contributed by atoms with Crippen molar-refractivity contribution in [2.45, 2.75) is 18.3 Å². The number of furan rings is 1. The zero-order valence-corrected chi connectivity index (χ0v) is 31.5. The summed E-state index contributed by atoms with van der Waals surface area (Å²) in [5.74, 6) is 2.22. The molecule has 10 aromatic rings. The number of rotatable bonds is 6. The van der Waals surface area contributed by atoms with Crippen LogP contribution in [-0.2, 0) is 6.42 Å². The van der Waals surface area contributed by atoms with E-state index in [0.717, 1.165) is 45.0 Å². The summed E-state index contributed by atoms with van der Waals surface area (Å²) in [5.41, 5.74) is 17.9. The van der Waals surface area contributed by atoms with Crippen molar-refractivity contribution in [2.75, 3.05) is 0 Å². The highest BCUT2D eigenvalue weighted by molar-refractivity contribution is 6.09. The molecule has 4 heteroatoms. The summed E-state index contributed by atoms with van der Waals surface area (Å²) in [6, 6.07) is 67.0. The van der Waals surface area contributed by atoms with Gasteiger partial charge in [0.15, 0.2) is 17.5 Å². The van der Waals surface area contributed by atoms with Crippen molar-refractivity contribution >= 4 is 21.9 Å². The lowest BCUT2D eigenvalue weighted by Crippen LogP contribution is -2.02. The van der Waals surface area contributed by atoms with Crippen molar-refractivity contribution in [3.05, 3.63) is 221 Å². The van der Waals surface area contributed by atoms with Gasteiger partial charge in [-0.15, -0.1) is 0 Å². The van der Waals surface area contributed by atoms with Gasteiger partial charge in [0.2, 0.25) is 0 Å². The average molecular weight is 742 g/mol. The Balaban J connectivity index is 1.01. The monoisotopic (exact) mass is 741 g/mol. The van der Waals surface area contributed by atoms with Crippen molar-refractivity contribution in [2.24, 2.45) is 0 Å². The smallest absolute Gasteiger partial charge is 0.167 e. The topological polar surface area (TPSA) is 51.8 Å². The number of benzene rings is 8. The maximum absolute atomic E-state index is 6.75. The first kappa shape index (κ1) is 32.8. The Morgan fingerprint density at radius 3 is 1.71 bits per heavy atom. The van der Waals surface area contributed by atoms with Crippen LogP contribution in [0, 0.1) is 0 Å². The molecule has 0 amide bonds. The SMILES string of the molecule is c1ccc(CC2c3ccccc3-c3c2ccc2c3-c3ccccc3C2c2ccc3oc4c(-c5nc(-c6ccccc6)nc(-c6ccccc6)n5)cccc4c3c2)cc1. The van der Waals surface area contributed by atoms with Gasteiger partial charge in [0, 0.05) is 33.7 Å². The summed E-state index contributed by atoms with van der Waals surface area (Å²) in [6.07, 6.45) is 0.979. The number of aromatic nitrogens is 3. The molecule has 58 heavy (non-hydrogen) atoms. The second-order valence-electron chi connectivity index (χ2n) is 15.4. The molecule has 8 aromatic carbocycles. The molecular weight excluding hydrogens is 707 g/mol. The molecule has 0 aliphatic heterocycles. The van der Waals surface area contributed by atoms with Gasteiger partial charge >= 0.3 is 0 Å². The van der Waals surface area contributed by atoms with Crippen LogP contribution >= 0.6 is 0 Å². The summed E-state index contributed by atoms with van der Waals surface area (Å²) in [5, 5.41) is 2.12. The first-order valence-electron chi connectivity index (χ1n) is 20.0. The predicted octanol–water partition coefficient (Wildman–Crippen LogP) is 13.3. The van der Waals surface area contributed by atoms with Crippen molar-refractivity contribution in [3.8, 4) is 56.4 Å². The summed E-state index contributed by atoms with van der Waals surface area (Å²) in [6.45, 7) is 0. The Labute approximate surface area is 336 Å². The van der Waals surface area contributed by atoms with Gasteiger partial charge in [-0.2, -0.15) is 0 Å². The van der Waals surface area contributed by atoms with Crippen LogP contribution in [0.25, 0.3) is 78.4 Å². The van der Waals surface area contributed by atoms with E-state index in [9.17, 15) is 0 Å². The van der Waals surface area contributed by atoms with E-state index in [0.29, 0.717) is 23.4 Å². The summed E-state index contributed by atoms with van der Waals surface area (Å²) >= 11 is 0. The molecule has 0 bridgehead atoms. The minimum absolute atomic E-state index is 0.0831. The molecule has 2 heterocycles. The Kier molecular flexibility index (Phi) is 7.39. The minimum Gasteiger partial charge on any atom is -0.455 e. The van der Waals surface area contributed by atoms with E-state index in [1.165, 1.54) is 55.6 Å². The molecule has 0 radical (unpaired) electrons. The Hall–Kier alpha value is -7.43. The Morgan fingerprint density at radius 2 is 0.983 bits per heavy atom. The van der Waals surface area contributed by atoms with Gasteiger partial charge in [0.05, 0.1) is 5.56 Å². The van der Waals surface area contributed by atoms with Crippen molar-refractivity contribution in [1.82, 2.24) is 15.0 Å². The van der Waals surface area contributed by atoms with Crippen LogP contribution in [0.4, 0.5) is 0 Å². The predicted molar refractivity (Wildman–Crippen MR) is 234 cm³/mol. The number of fused-ring (bicyclic) bond motifs is 10. The van der Waals surface area contributed by atoms with Crippen LogP contribution in [0.1, 0.15) is 45.2 Å². The Bertz CT molecular complexity index is 3150. The van der Waals surface area contributed by atoms with Crippen molar-refractivity contribution in [1.29, 1.82) is 0 Å². The van der Waals surface area contributed by atoms with Gasteiger partial charge in [-0.05, 0) is 80.3 Å². The summed E-state index contributed by atoms with van der Waals surface area (Å²) < 4.78 is 6.75. The van der Waals surface area contributed by atoms with Crippen LogP contribution < -0.4 is 0 Å². The van der Waals surface area contributed by atoms with Crippen LogP contribution in [0.2, 0.25) is 0 Å². The van der Waals surface area contributed by atoms with Gasteiger partial charge in [-0.25, -0.2) is 15.0 Å². The second kappa shape index (κ2) is 13.1. The van der Waals surface area contributed by atoms with Crippen LogP contribution in [0.3, 0.4) is 0 Å². The van der Waals surface area contributed by atoms with E-state index < -0.39 is 0 Å². The maximum Gasteiger partial charge on any atom is 0.167 e. The van der Waals surface area contributed by atoms with Gasteiger partial charge in [-0.1, -0.05) is 170 Å². The van der Waals surface area contributed by atoms with E-state index in [4.69, 9.17) is 19.4 Å². The van der Waals surface area contributed by atoms with Gasteiger partial charge in [0.25, 0.3) is 0 Å². The fourth-order valence-electron chi connectivity index (χ4n) is 9.62. The maximum atomic E-state index is 6.75. The normalized spacial score (nSPS) is 15.0. The van der Waals surface area contributed by atoms with Crippen molar-refractivity contribution < 1.29 is 4.42 Å². The summed E-state index contributed by atoms with van der Waals surface area (Å²) in [7, 11) is 0. The molecule has 0 saturated heterocycles. The lowest BCUT2D eigenvalue weighted by Gasteiger charge is -2.17. The molecule has 0 spiro atoms. The fourth-order valence-corrected chi connectivity index (χ4v) is 9.62. The van der Waals surface area contributed by atoms with E-state index in [1.807, 2.05) is 60.7 Å². The quantitative estimate of drug-likeness (QED) is 0.170. The third kappa shape index (κ3) is 5.12. The highest BCUT2D eigenvalue weighted by Gasteiger charge is 2.38. The standard InChI is InChI=1S/C54H35N3O/c1-4-15-33(16-5-1)31-45-37-21-10-11-22-38(37)49-41(45)28-29-43-48(39-23-12-13-24-40(39)50(43)49)36-27-30-47-46(32-36)42-25-14-26-44(51(42)58-47)54-56-52(34-17-6-2-7-18-34)55-53(57-54)35-19-8-3-9-20-35/h1-30,32,45,48H,31H2. The first-order chi connectivity index (χ1) is 28.8. The van der Waals surface area contributed by atoms with Crippen molar-refractivity contribution in [3.63, 3.8) is 0 Å². The molecular formula is C54H35N3O. The third-order valence-corrected chi connectivity index (χ3v) is 12.2. The highest BCUT2D eigenvalue weighted by Crippen LogP contribution is 2.58. The molecule has 2 aliphatic carbocycles.